The number of urea groups is 1. The quantitative estimate of drug-likeness (QED) is 0.771. The SMILES string of the molecule is COc1cccc(NC(=O)NCCCN(C)c2ccccc2)c1. The molecule has 0 fully saturated rings. The van der Waals surface area contributed by atoms with E-state index >= 15 is 0 Å². The fourth-order valence-corrected chi connectivity index (χ4v) is 2.21. The van der Waals surface area contributed by atoms with Crippen LogP contribution in [0.3, 0.4) is 0 Å². The van der Waals surface area contributed by atoms with Gasteiger partial charge in [-0.05, 0) is 30.7 Å². The van der Waals surface area contributed by atoms with Gasteiger partial charge >= 0.3 is 6.03 Å². The Morgan fingerprint density at radius 1 is 1.13 bits per heavy atom. The molecule has 0 unspecified atom stereocenters. The van der Waals surface area contributed by atoms with Crippen molar-refractivity contribution < 1.29 is 9.53 Å². The number of carbonyl (C=O) groups excluding carboxylic acids is 1. The van der Waals surface area contributed by atoms with Crippen molar-refractivity contribution in [3.63, 3.8) is 0 Å². The summed E-state index contributed by atoms with van der Waals surface area (Å²) in [7, 11) is 3.65. The van der Waals surface area contributed by atoms with Crippen molar-refractivity contribution in [1.82, 2.24) is 5.32 Å². The van der Waals surface area contributed by atoms with E-state index in [0.29, 0.717) is 18.0 Å². The number of nitrogens with zero attached hydrogens (tertiary/aromatic N) is 1. The van der Waals surface area contributed by atoms with E-state index in [2.05, 4.69) is 27.7 Å². The van der Waals surface area contributed by atoms with Crippen molar-refractivity contribution in [2.75, 3.05) is 37.5 Å². The zero-order chi connectivity index (χ0) is 16.5. The second-order valence-electron chi connectivity index (χ2n) is 5.22. The normalized spacial score (nSPS) is 10.0. The topological polar surface area (TPSA) is 53.6 Å². The molecule has 23 heavy (non-hydrogen) atoms. The molecule has 5 heteroatoms. The summed E-state index contributed by atoms with van der Waals surface area (Å²) in [4.78, 5) is 14.0. The number of methoxy groups -OCH3 is 1. The third-order valence-corrected chi connectivity index (χ3v) is 3.48. The molecule has 5 nitrogen and oxygen atoms in total. The maximum Gasteiger partial charge on any atom is 0.319 e. The van der Waals surface area contributed by atoms with Gasteiger partial charge in [-0.1, -0.05) is 24.3 Å². The van der Waals surface area contributed by atoms with Crippen LogP contribution in [0.4, 0.5) is 16.2 Å². The number of hydrogen-bond acceptors (Lipinski definition) is 3. The lowest BCUT2D eigenvalue weighted by atomic mass is 10.3. The summed E-state index contributed by atoms with van der Waals surface area (Å²) >= 11 is 0. The molecule has 2 rings (SSSR count). The largest absolute Gasteiger partial charge is 0.497 e. The highest BCUT2D eigenvalue weighted by Gasteiger charge is 2.03. The Balaban J connectivity index is 1.68. The van der Waals surface area contributed by atoms with Gasteiger partial charge in [0.05, 0.1) is 7.11 Å². The number of amides is 2. The monoisotopic (exact) mass is 313 g/mol. The molecule has 0 aliphatic heterocycles. The number of ether oxygens (including phenoxy) is 1. The molecule has 0 saturated carbocycles. The third-order valence-electron chi connectivity index (χ3n) is 3.48. The van der Waals surface area contributed by atoms with E-state index in [0.717, 1.165) is 13.0 Å². The second kappa shape index (κ2) is 8.68. The number of para-hydroxylation sites is 1. The first-order valence-corrected chi connectivity index (χ1v) is 7.64. The molecule has 0 heterocycles. The number of nitrogens with one attached hydrogen (secondary N) is 2. The molecule has 2 amide bonds. The Bertz CT molecular complexity index is 617. The minimum absolute atomic E-state index is 0.208. The Hall–Kier alpha value is -2.69. The Morgan fingerprint density at radius 3 is 2.65 bits per heavy atom. The van der Waals surface area contributed by atoms with Gasteiger partial charge in [-0.2, -0.15) is 0 Å². The molecule has 0 aliphatic carbocycles. The summed E-state index contributed by atoms with van der Waals surface area (Å²) in [6, 6.07) is 17.3. The van der Waals surface area contributed by atoms with Gasteiger partial charge in [0, 0.05) is 37.6 Å². The number of rotatable bonds is 7. The van der Waals surface area contributed by atoms with Crippen molar-refractivity contribution in [3.8, 4) is 5.75 Å². The number of carbonyl (C=O) groups is 1. The highest BCUT2D eigenvalue weighted by Crippen LogP contribution is 2.16. The van der Waals surface area contributed by atoms with E-state index in [1.54, 1.807) is 13.2 Å². The Labute approximate surface area is 137 Å². The van der Waals surface area contributed by atoms with Gasteiger partial charge in [-0.3, -0.25) is 0 Å². The third kappa shape index (κ3) is 5.54. The second-order valence-corrected chi connectivity index (χ2v) is 5.22. The molecule has 2 aromatic carbocycles. The van der Waals surface area contributed by atoms with Crippen LogP contribution in [-0.4, -0.2) is 33.3 Å². The van der Waals surface area contributed by atoms with E-state index in [1.165, 1.54) is 5.69 Å². The molecular formula is C18H23N3O2. The van der Waals surface area contributed by atoms with Gasteiger partial charge in [0.1, 0.15) is 5.75 Å². The minimum atomic E-state index is -0.208. The highest BCUT2D eigenvalue weighted by atomic mass is 16.5. The predicted molar refractivity (Wildman–Crippen MR) is 94.3 cm³/mol. The van der Waals surface area contributed by atoms with Crippen LogP contribution < -0.4 is 20.3 Å². The lowest BCUT2D eigenvalue weighted by Crippen LogP contribution is -2.31. The van der Waals surface area contributed by atoms with E-state index in [1.807, 2.05) is 43.4 Å². The summed E-state index contributed by atoms with van der Waals surface area (Å²) < 4.78 is 5.13. The van der Waals surface area contributed by atoms with Crippen LogP contribution in [-0.2, 0) is 0 Å². The molecular weight excluding hydrogens is 290 g/mol. The first kappa shape index (κ1) is 16.7. The van der Waals surface area contributed by atoms with Gasteiger partial charge in [0.15, 0.2) is 0 Å². The fraction of sp³-hybridized carbons (Fsp3) is 0.278. The molecule has 0 saturated heterocycles. The average Bonchev–Trinajstić information content (AvgIpc) is 2.59. The zero-order valence-electron chi connectivity index (χ0n) is 13.6. The maximum absolute atomic E-state index is 11.9. The van der Waals surface area contributed by atoms with Gasteiger partial charge in [-0.25, -0.2) is 4.79 Å². The highest BCUT2D eigenvalue weighted by molar-refractivity contribution is 5.89. The number of hydrogen-bond donors (Lipinski definition) is 2. The van der Waals surface area contributed by atoms with Crippen LogP contribution in [0.25, 0.3) is 0 Å². The van der Waals surface area contributed by atoms with Crippen molar-refractivity contribution >= 4 is 17.4 Å². The maximum atomic E-state index is 11.9. The minimum Gasteiger partial charge on any atom is -0.497 e. The van der Waals surface area contributed by atoms with Crippen molar-refractivity contribution in [3.05, 3.63) is 54.6 Å². The van der Waals surface area contributed by atoms with Crippen molar-refractivity contribution in [1.29, 1.82) is 0 Å². The molecule has 0 radical (unpaired) electrons. The first-order valence-electron chi connectivity index (χ1n) is 7.64. The zero-order valence-corrected chi connectivity index (χ0v) is 13.6. The van der Waals surface area contributed by atoms with Crippen LogP contribution >= 0.6 is 0 Å². The lowest BCUT2D eigenvalue weighted by Gasteiger charge is -2.19. The van der Waals surface area contributed by atoms with Crippen molar-refractivity contribution in [2.24, 2.45) is 0 Å². The Kier molecular flexibility index (Phi) is 6.29. The predicted octanol–water partition coefficient (Wildman–Crippen LogP) is 3.34. The van der Waals surface area contributed by atoms with Crippen LogP contribution in [0.2, 0.25) is 0 Å². The van der Waals surface area contributed by atoms with E-state index in [9.17, 15) is 4.79 Å². The molecule has 0 atom stereocenters. The smallest absolute Gasteiger partial charge is 0.319 e. The van der Waals surface area contributed by atoms with Gasteiger partial charge in [0.2, 0.25) is 0 Å². The summed E-state index contributed by atoms with van der Waals surface area (Å²) in [5.41, 5.74) is 1.89. The van der Waals surface area contributed by atoms with Crippen LogP contribution in [0.1, 0.15) is 6.42 Å². The van der Waals surface area contributed by atoms with E-state index in [-0.39, 0.29) is 6.03 Å². The van der Waals surface area contributed by atoms with Gasteiger partial charge < -0.3 is 20.3 Å². The Morgan fingerprint density at radius 2 is 1.91 bits per heavy atom. The standard InChI is InChI=1S/C18H23N3O2/c1-21(16-9-4-3-5-10-16)13-7-12-19-18(22)20-15-8-6-11-17(14-15)23-2/h3-6,8-11,14H,7,12-13H2,1-2H3,(H2,19,20,22). The number of anilines is 2. The fourth-order valence-electron chi connectivity index (χ4n) is 2.21. The van der Waals surface area contributed by atoms with Crippen LogP contribution in [0.5, 0.6) is 5.75 Å². The summed E-state index contributed by atoms with van der Waals surface area (Å²) in [6.45, 7) is 1.50. The molecule has 122 valence electrons. The summed E-state index contributed by atoms with van der Waals surface area (Å²) in [5, 5.41) is 5.65. The van der Waals surface area contributed by atoms with Crippen LogP contribution in [0.15, 0.2) is 54.6 Å². The van der Waals surface area contributed by atoms with E-state index < -0.39 is 0 Å². The van der Waals surface area contributed by atoms with Gasteiger partial charge in [-0.15, -0.1) is 0 Å². The lowest BCUT2D eigenvalue weighted by molar-refractivity contribution is 0.252. The number of benzene rings is 2. The summed E-state index contributed by atoms with van der Waals surface area (Å²) in [5.74, 6) is 0.715. The van der Waals surface area contributed by atoms with Crippen molar-refractivity contribution in [2.45, 2.75) is 6.42 Å². The molecule has 0 aromatic heterocycles. The first-order chi connectivity index (χ1) is 11.2. The molecule has 0 aliphatic rings. The van der Waals surface area contributed by atoms with E-state index in [4.69, 9.17) is 4.74 Å². The summed E-state index contributed by atoms with van der Waals surface area (Å²) in [6.07, 6.45) is 0.872. The van der Waals surface area contributed by atoms with Crippen LogP contribution in [0, 0.1) is 0 Å². The van der Waals surface area contributed by atoms with Gasteiger partial charge in [0.25, 0.3) is 0 Å². The molecule has 2 N–H and O–H groups in total. The average molecular weight is 313 g/mol. The molecule has 2 aromatic rings. The molecule has 0 bridgehead atoms. The molecule has 0 spiro atoms.